The van der Waals surface area contributed by atoms with Crippen LogP contribution in [0.25, 0.3) is 42.2 Å². The number of hydrogen-bond donors (Lipinski definition) is 1. The molecule has 3 nitrogen and oxygen atoms in total. The second-order valence-electron chi connectivity index (χ2n) is 17.6. The summed E-state index contributed by atoms with van der Waals surface area (Å²) in [5.41, 5.74) is 2.85. The number of aromatic nitrogens is 1. The summed E-state index contributed by atoms with van der Waals surface area (Å²) in [6.45, 7) is 26.3. The fourth-order valence-electron chi connectivity index (χ4n) is 7.85. The topological polar surface area (TPSA) is 50.2 Å². The van der Waals surface area contributed by atoms with E-state index in [1.54, 1.807) is 11.3 Å². The molecule has 0 aliphatic carbocycles. The zero-order chi connectivity index (χ0) is 39.3. The van der Waals surface area contributed by atoms with Gasteiger partial charge in [0.15, 0.2) is 5.78 Å². The largest absolute Gasteiger partial charge is 0.512 e. The van der Waals surface area contributed by atoms with Crippen LogP contribution in [-0.4, -0.2) is 32.0 Å². The van der Waals surface area contributed by atoms with Gasteiger partial charge in [0.25, 0.3) is 0 Å². The zero-order valence-corrected chi connectivity index (χ0v) is 40.0. The van der Waals surface area contributed by atoms with Gasteiger partial charge in [-0.15, -0.1) is 40.5 Å². The molecule has 0 saturated heterocycles. The zero-order valence-electron chi connectivity index (χ0n) is 34.7. The molecule has 0 aliphatic rings. The molecule has 5 aromatic rings. The van der Waals surface area contributed by atoms with E-state index >= 15 is 4.39 Å². The second kappa shape index (κ2) is 19.1. The Labute approximate surface area is 344 Å². The predicted molar refractivity (Wildman–Crippen MR) is 236 cm³/mol. The number of carbonyl (C=O) groups excluding carboxylic acids is 1. The van der Waals surface area contributed by atoms with Crippen molar-refractivity contribution in [1.82, 2.24) is 4.98 Å². The minimum Gasteiger partial charge on any atom is -0.512 e. The molecule has 0 saturated carbocycles. The number of rotatable bonds is 14. The Morgan fingerprint density at radius 2 is 1.39 bits per heavy atom. The molecule has 0 fully saturated rings. The summed E-state index contributed by atoms with van der Waals surface area (Å²) in [7, 11) is -3.35. The van der Waals surface area contributed by atoms with Crippen LogP contribution in [0.2, 0.25) is 51.4 Å². The van der Waals surface area contributed by atoms with Crippen LogP contribution in [0.4, 0.5) is 4.39 Å². The third-order valence-electron chi connectivity index (χ3n) is 10.3. The molecule has 0 bridgehead atoms. The summed E-state index contributed by atoms with van der Waals surface area (Å²) in [5.74, 6) is 0.933. The number of nitrogens with zero attached hydrogens (tertiary/aromatic N) is 1. The molecule has 0 unspecified atom stereocenters. The molecule has 0 spiro atoms. The van der Waals surface area contributed by atoms with Gasteiger partial charge >= 0.3 is 0 Å². The van der Waals surface area contributed by atoms with E-state index in [0.29, 0.717) is 18.0 Å². The number of alkyl halides is 1. The summed E-state index contributed by atoms with van der Waals surface area (Å²) in [6, 6.07) is 24.1. The number of pyridine rings is 1. The second-order valence-corrected chi connectivity index (χ2v) is 29.6. The van der Waals surface area contributed by atoms with E-state index in [1.165, 1.54) is 17.0 Å². The molecular weight excluding hydrogens is 898 g/mol. The van der Waals surface area contributed by atoms with Crippen molar-refractivity contribution >= 4 is 64.2 Å². The number of aliphatic hydroxyl groups is 1. The molecule has 2 heterocycles. The Hall–Kier alpha value is -2.49. The third kappa shape index (κ3) is 11.1. The van der Waals surface area contributed by atoms with Crippen LogP contribution < -0.4 is 0 Å². The number of ketones is 1. The maximum Gasteiger partial charge on any atom is 0.162 e. The van der Waals surface area contributed by atoms with E-state index in [4.69, 9.17) is 4.98 Å². The van der Waals surface area contributed by atoms with Crippen LogP contribution in [0.5, 0.6) is 0 Å². The first-order valence-electron chi connectivity index (χ1n) is 19.8. The maximum absolute atomic E-state index is 17.4. The van der Waals surface area contributed by atoms with Gasteiger partial charge in [0.05, 0.1) is 5.76 Å². The van der Waals surface area contributed by atoms with E-state index in [0.717, 1.165) is 68.1 Å². The predicted octanol–water partition coefficient (Wildman–Crippen LogP) is 14.9. The molecule has 1 N–H and O–H groups in total. The molecule has 8 heteroatoms. The van der Waals surface area contributed by atoms with Crippen molar-refractivity contribution in [1.29, 1.82) is 0 Å². The van der Waals surface area contributed by atoms with Crippen molar-refractivity contribution in [3.8, 4) is 11.3 Å². The molecule has 0 atom stereocenters. The number of allylic oxidation sites excluding steroid dienone is 2. The number of thiophene rings is 1. The van der Waals surface area contributed by atoms with Gasteiger partial charge in [0.2, 0.25) is 0 Å². The third-order valence-corrected chi connectivity index (χ3v) is 14.8. The monoisotopic (exact) mass is 961 g/mol. The Kier molecular flexibility index (Phi) is 16.2. The average molecular weight is 961 g/mol. The normalized spacial score (nSPS) is 12.9. The molecule has 1 radical (unpaired) electrons. The first-order chi connectivity index (χ1) is 24.9. The first kappa shape index (κ1) is 45.9. The van der Waals surface area contributed by atoms with E-state index < -0.39 is 21.8 Å². The molecule has 295 valence electrons. The summed E-state index contributed by atoms with van der Waals surface area (Å²) in [4.78, 5) is 16.6. The van der Waals surface area contributed by atoms with Crippen LogP contribution in [0.15, 0.2) is 72.6 Å². The summed E-state index contributed by atoms with van der Waals surface area (Å²) < 4.78 is 19.6. The minimum absolute atomic E-state index is 0. The minimum atomic E-state index is -1.67. The SMILES string of the molecule is CC(C)c1cc(-c2nccc3c2sc2c(C(F)(C[Si](C)(C)C)C[Si](C)(C)C)cccc23)[c-]c2ccccc12.CCC(CC)C(=O)/C=C(\O)C(CC)CC.[Ir]. The van der Waals surface area contributed by atoms with Crippen LogP contribution in [0.3, 0.4) is 0 Å². The van der Waals surface area contributed by atoms with Crippen LogP contribution in [0, 0.1) is 17.9 Å². The van der Waals surface area contributed by atoms with Gasteiger partial charge < -0.3 is 5.11 Å². The Morgan fingerprint density at radius 1 is 0.833 bits per heavy atom. The van der Waals surface area contributed by atoms with Crippen molar-refractivity contribution in [2.24, 2.45) is 11.8 Å². The first-order valence-corrected chi connectivity index (χ1v) is 28.0. The van der Waals surface area contributed by atoms with E-state index in [9.17, 15) is 9.90 Å². The average Bonchev–Trinajstić information content (AvgIpc) is 3.46. The van der Waals surface area contributed by atoms with Gasteiger partial charge in [-0.05, 0) is 55.1 Å². The standard InChI is InChI=1S/C33H39FNSSi2.C13H24O2.Ir/c1-22(2)28-19-24(18-23-12-9-10-13-25(23)28)30-32-27(16-17-35-30)26-14-11-15-29(31(26)36-32)33(34,20-37(3,4)5)21-38(6,7)8;1-5-10(6-2)12(14)9-13(15)11(7-3)8-4;/h9-17,19,22H,20-21H2,1-8H3;9-11,14H,5-8H2,1-4H3;/q-1;;/b;12-9-;. The van der Waals surface area contributed by atoms with Crippen LogP contribution in [-0.2, 0) is 30.6 Å². The van der Waals surface area contributed by atoms with Crippen molar-refractivity contribution in [2.75, 3.05) is 0 Å². The smallest absolute Gasteiger partial charge is 0.162 e. The molecule has 2 aromatic heterocycles. The number of fused-ring (bicyclic) bond motifs is 4. The van der Waals surface area contributed by atoms with Gasteiger partial charge in [-0.1, -0.05) is 128 Å². The number of benzene rings is 3. The number of hydrogen-bond acceptors (Lipinski definition) is 4. The van der Waals surface area contributed by atoms with Crippen molar-refractivity contribution in [2.45, 2.75) is 130 Å². The maximum atomic E-state index is 17.4. The van der Waals surface area contributed by atoms with Crippen molar-refractivity contribution in [3.63, 3.8) is 0 Å². The van der Waals surface area contributed by atoms with Gasteiger partial charge in [-0.3, -0.25) is 9.78 Å². The summed E-state index contributed by atoms with van der Waals surface area (Å²) >= 11 is 1.72. The number of aliphatic hydroxyl groups excluding tert-OH is 1. The van der Waals surface area contributed by atoms with E-state index in [-0.39, 0.29) is 43.5 Å². The quantitative estimate of drug-likeness (QED) is 0.0522. The van der Waals surface area contributed by atoms with E-state index in [1.807, 2.05) is 33.9 Å². The van der Waals surface area contributed by atoms with Gasteiger partial charge in [-0.25, -0.2) is 4.39 Å². The molecular formula is C46H63FIrNO2SSi2-. The Bertz CT molecular complexity index is 2040. The van der Waals surface area contributed by atoms with Gasteiger partial charge in [0, 0.05) is 86.4 Å². The Morgan fingerprint density at radius 3 is 1.94 bits per heavy atom. The van der Waals surface area contributed by atoms with Crippen LogP contribution in [0.1, 0.15) is 84.3 Å². The summed E-state index contributed by atoms with van der Waals surface area (Å²) in [6.07, 6.45) is 6.81. The Balaban J connectivity index is 0.000000418. The fraction of sp³-hybridized carbons (Fsp3) is 0.478. The molecule has 3 aromatic carbocycles. The fourth-order valence-corrected chi connectivity index (χ4v) is 13.5. The van der Waals surface area contributed by atoms with Gasteiger partial charge in [-0.2, -0.15) is 0 Å². The summed E-state index contributed by atoms with van der Waals surface area (Å²) in [5, 5.41) is 14.4. The van der Waals surface area contributed by atoms with Gasteiger partial charge in [0.1, 0.15) is 5.67 Å². The molecule has 0 amide bonds. The molecule has 54 heavy (non-hydrogen) atoms. The molecule has 5 rings (SSSR count). The van der Waals surface area contributed by atoms with E-state index in [2.05, 4.69) is 114 Å². The number of halogens is 1. The van der Waals surface area contributed by atoms with Crippen molar-refractivity contribution in [3.05, 3.63) is 89.8 Å². The molecule has 0 aliphatic heterocycles. The van der Waals surface area contributed by atoms with Crippen LogP contribution >= 0.6 is 11.3 Å². The van der Waals surface area contributed by atoms with Crippen molar-refractivity contribution < 1.29 is 34.4 Å². The number of carbonyl (C=O) groups is 1.